The molecular weight excluding hydrogens is 410 g/mol. The van der Waals surface area contributed by atoms with E-state index in [2.05, 4.69) is 22.6 Å². The summed E-state index contributed by atoms with van der Waals surface area (Å²) in [5.74, 6) is -3.49. The number of carboxylic acids is 2. The Morgan fingerprint density at radius 2 is 1.76 bits per heavy atom. The van der Waals surface area contributed by atoms with Crippen LogP contribution in [-0.2, 0) is 20.3 Å². The highest BCUT2D eigenvalue weighted by Gasteiger charge is 2.29. The van der Waals surface area contributed by atoms with Gasteiger partial charge < -0.3 is 15.1 Å². The normalized spacial score (nSPS) is 15.1. The van der Waals surface area contributed by atoms with Gasteiger partial charge >= 0.3 is 11.9 Å². The molecule has 0 aliphatic rings. The minimum Gasteiger partial charge on any atom is -0.481 e. The first kappa shape index (κ1) is 18.1. The molecule has 2 atom stereocenters. The van der Waals surface area contributed by atoms with Crippen molar-refractivity contribution in [1.82, 2.24) is 0 Å². The first-order valence-electron chi connectivity index (χ1n) is 6.19. The van der Waals surface area contributed by atoms with Crippen molar-refractivity contribution in [2.75, 3.05) is 6.16 Å². The van der Waals surface area contributed by atoms with E-state index in [0.29, 0.717) is 5.56 Å². The third-order valence-electron chi connectivity index (χ3n) is 2.90. The Labute approximate surface area is 135 Å². The van der Waals surface area contributed by atoms with E-state index in [4.69, 9.17) is 10.2 Å². The maximum atomic E-state index is 12.2. The van der Waals surface area contributed by atoms with E-state index in [1.165, 1.54) is 0 Å². The Kier molecular flexibility index (Phi) is 6.83. The average molecular weight is 426 g/mol. The summed E-state index contributed by atoms with van der Waals surface area (Å²) in [5, 5.41) is 17.6. The Morgan fingerprint density at radius 3 is 2.24 bits per heavy atom. The van der Waals surface area contributed by atoms with Gasteiger partial charge in [-0.2, -0.15) is 0 Å². The Bertz CT molecular complexity index is 556. The number of hydrogen-bond acceptors (Lipinski definition) is 3. The van der Waals surface area contributed by atoms with Crippen molar-refractivity contribution >= 4 is 41.9 Å². The molecule has 0 bridgehead atoms. The zero-order chi connectivity index (χ0) is 16.0. The van der Waals surface area contributed by atoms with E-state index in [0.717, 1.165) is 3.57 Å². The van der Waals surface area contributed by atoms with Crippen molar-refractivity contribution in [1.29, 1.82) is 0 Å². The van der Waals surface area contributed by atoms with Gasteiger partial charge in [0.1, 0.15) is 0 Å². The van der Waals surface area contributed by atoms with E-state index in [-0.39, 0.29) is 19.0 Å². The number of carbonyl (C=O) groups is 2. The Hall–Kier alpha value is -0.920. The lowest BCUT2D eigenvalue weighted by atomic mass is 10.1. The first-order valence-corrected chi connectivity index (χ1v) is 9.30. The summed E-state index contributed by atoms with van der Waals surface area (Å²) in [4.78, 5) is 31.5. The molecule has 1 unspecified atom stereocenters. The molecule has 6 nitrogen and oxygen atoms in total. The molecule has 8 heteroatoms. The molecule has 1 rings (SSSR count). The van der Waals surface area contributed by atoms with E-state index >= 15 is 0 Å². The molecule has 0 aromatic heterocycles. The number of benzene rings is 1. The predicted molar refractivity (Wildman–Crippen MR) is 85.6 cm³/mol. The number of hydrogen-bond donors (Lipinski definition) is 3. The molecule has 1 aromatic carbocycles. The minimum atomic E-state index is -3.68. The largest absolute Gasteiger partial charge is 0.481 e. The number of carboxylic acid groups (broad SMARTS) is 2. The molecule has 0 saturated carbocycles. The van der Waals surface area contributed by atoms with Gasteiger partial charge in [-0.15, -0.1) is 0 Å². The lowest BCUT2D eigenvalue weighted by Gasteiger charge is -2.17. The van der Waals surface area contributed by atoms with Gasteiger partial charge in [0.15, 0.2) is 0 Å². The van der Waals surface area contributed by atoms with Crippen LogP contribution in [0.3, 0.4) is 0 Å². The zero-order valence-electron chi connectivity index (χ0n) is 11.1. The number of halogens is 1. The summed E-state index contributed by atoms with van der Waals surface area (Å²) in [5.41, 5.74) is 0.656. The molecule has 21 heavy (non-hydrogen) atoms. The second kappa shape index (κ2) is 7.91. The van der Waals surface area contributed by atoms with Crippen LogP contribution in [0.2, 0.25) is 0 Å². The maximum absolute atomic E-state index is 12.2. The molecule has 0 aliphatic carbocycles. The van der Waals surface area contributed by atoms with Crippen molar-refractivity contribution < 1.29 is 29.3 Å². The predicted octanol–water partition coefficient (Wildman–Crippen LogP) is 2.63. The van der Waals surface area contributed by atoms with Crippen molar-refractivity contribution in [2.45, 2.75) is 19.0 Å². The van der Waals surface area contributed by atoms with Crippen molar-refractivity contribution in [3.8, 4) is 0 Å². The smallest absolute Gasteiger partial charge is 0.307 e. The van der Waals surface area contributed by atoms with Gasteiger partial charge in [0.05, 0.1) is 5.92 Å². The van der Waals surface area contributed by atoms with Crippen LogP contribution in [0.4, 0.5) is 0 Å². The van der Waals surface area contributed by atoms with Gasteiger partial charge in [0, 0.05) is 22.3 Å². The lowest BCUT2D eigenvalue weighted by Crippen LogP contribution is -2.19. The van der Waals surface area contributed by atoms with E-state index in [9.17, 15) is 19.0 Å². The number of aliphatic carboxylic acids is 2. The second-order valence-corrected chi connectivity index (χ2v) is 8.40. The SMILES string of the molecule is O=C(O)CC[C@H](CP(=O)(O)Cc1ccc(I)cc1)C(=O)O. The highest BCUT2D eigenvalue weighted by Crippen LogP contribution is 2.46. The molecule has 0 amide bonds. The molecule has 3 N–H and O–H groups in total. The summed E-state index contributed by atoms with van der Waals surface area (Å²) < 4.78 is 13.2. The summed E-state index contributed by atoms with van der Waals surface area (Å²) in [6.45, 7) is 0. The van der Waals surface area contributed by atoms with E-state index in [1.807, 2.05) is 0 Å². The average Bonchev–Trinajstić information content (AvgIpc) is 2.36. The summed E-state index contributed by atoms with van der Waals surface area (Å²) in [7, 11) is -3.68. The van der Waals surface area contributed by atoms with Gasteiger partial charge in [0.2, 0.25) is 7.37 Å². The van der Waals surface area contributed by atoms with Crippen LogP contribution in [0.1, 0.15) is 18.4 Å². The van der Waals surface area contributed by atoms with Crippen LogP contribution >= 0.6 is 30.0 Å². The second-order valence-electron chi connectivity index (χ2n) is 4.78. The van der Waals surface area contributed by atoms with Gasteiger partial charge in [-0.05, 0) is 46.7 Å². The van der Waals surface area contributed by atoms with Crippen LogP contribution in [0.25, 0.3) is 0 Å². The standard InChI is InChI=1S/C13H16IO6P/c14-11-4-1-9(2-5-11)7-21(19,20)8-10(13(17)18)3-6-12(15)16/h1-2,4-5,10H,3,6-8H2,(H,15,16)(H,17,18)(H,19,20)/t10-/m1/s1. The molecule has 0 radical (unpaired) electrons. The zero-order valence-corrected chi connectivity index (χ0v) is 14.2. The highest BCUT2D eigenvalue weighted by molar-refractivity contribution is 14.1. The summed E-state index contributed by atoms with van der Waals surface area (Å²) in [6.07, 6.45) is -1.01. The molecule has 0 heterocycles. The van der Waals surface area contributed by atoms with E-state index in [1.54, 1.807) is 24.3 Å². The van der Waals surface area contributed by atoms with Gasteiger partial charge in [0.25, 0.3) is 0 Å². The Balaban J connectivity index is 2.71. The van der Waals surface area contributed by atoms with Crippen LogP contribution in [0.15, 0.2) is 24.3 Å². The number of rotatable bonds is 8. The highest BCUT2D eigenvalue weighted by atomic mass is 127. The third-order valence-corrected chi connectivity index (χ3v) is 5.49. The molecule has 1 aromatic rings. The van der Waals surface area contributed by atoms with Crippen molar-refractivity contribution in [2.24, 2.45) is 5.92 Å². The fourth-order valence-corrected chi connectivity index (χ4v) is 4.17. The molecule has 0 fully saturated rings. The lowest BCUT2D eigenvalue weighted by molar-refractivity contribution is -0.142. The maximum Gasteiger partial charge on any atom is 0.307 e. The van der Waals surface area contributed by atoms with E-state index < -0.39 is 31.4 Å². The van der Waals surface area contributed by atoms with Gasteiger partial charge in [-0.3, -0.25) is 14.2 Å². The monoisotopic (exact) mass is 426 g/mol. The summed E-state index contributed by atoms with van der Waals surface area (Å²) in [6, 6.07) is 7.04. The minimum absolute atomic E-state index is 0.110. The van der Waals surface area contributed by atoms with Gasteiger partial charge in [-0.25, -0.2) is 0 Å². The van der Waals surface area contributed by atoms with Crippen LogP contribution in [0.5, 0.6) is 0 Å². The fourth-order valence-electron chi connectivity index (χ4n) is 1.87. The third kappa shape index (κ3) is 7.06. The van der Waals surface area contributed by atoms with Crippen molar-refractivity contribution in [3.63, 3.8) is 0 Å². The van der Waals surface area contributed by atoms with Crippen LogP contribution in [-0.4, -0.2) is 33.2 Å². The van der Waals surface area contributed by atoms with Crippen LogP contribution < -0.4 is 0 Å². The Morgan fingerprint density at radius 1 is 1.19 bits per heavy atom. The molecule has 0 aliphatic heterocycles. The van der Waals surface area contributed by atoms with Gasteiger partial charge in [-0.1, -0.05) is 12.1 Å². The molecule has 0 saturated heterocycles. The van der Waals surface area contributed by atoms with Crippen molar-refractivity contribution in [3.05, 3.63) is 33.4 Å². The topological polar surface area (TPSA) is 112 Å². The van der Waals surface area contributed by atoms with Crippen LogP contribution in [0, 0.1) is 9.49 Å². The molecule has 0 spiro atoms. The quantitative estimate of drug-likeness (QED) is 0.436. The molecule has 116 valence electrons. The molecular formula is C13H16IO6P. The fraction of sp³-hybridized carbons (Fsp3) is 0.385. The first-order chi connectivity index (χ1) is 9.69. The summed E-state index contributed by atoms with van der Waals surface area (Å²) >= 11 is 2.11.